The third kappa shape index (κ3) is 4.82. The number of rotatable bonds is 5. The van der Waals surface area contributed by atoms with E-state index >= 15 is 0 Å². The van der Waals surface area contributed by atoms with Crippen LogP contribution in [0.5, 0.6) is 0 Å². The van der Waals surface area contributed by atoms with Crippen molar-refractivity contribution in [2.24, 2.45) is 5.92 Å². The van der Waals surface area contributed by atoms with Gasteiger partial charge in [-0.25, -0.2) is 9.37 Å². The standard InChI is InChI=1S/C17H21FN4OS/c1-12(23)21-17-20-9-16(24-17)11-22-4-2-3-13(10-22)5-14-6-15(18)8-19-7-14/h6-9,13H,2-5,10-11H2,1H3,(H,20,21,23)/t13-/m0/s1. The van der Waals surface area contributed by atoms with Crippen molar-refractivity contribution < 1.29 is 9.18 Å². The highest BCUT2D eigenvalue weighted by Crippen LogP contribution is 2.25. The molecule has 1 N–H and O–H groups in total. The summed E-state index contributed by atoms with van der Waals surface area (Å²) in [4.78, 5) is 22.8. The zero-order valence-electron chi connectivity index (χ0n) is 13.7. The molecule has 0 spiro atoms. The van der Waals surface area contributed by atoms with Gasteiger partial charge in [-0.3, -0.25) is 14.7 Å². The van der Waals surface area contributed by atoms with Gasteiger partial charge in [0.05, 0.1) is 6.20 Å². The number of carbonyl (C=O) groups is 1. The Labute approximate surface area is 144 Å². The van der Waals surface area contributed by atoms with E-state index in [0.29, 0.717) is 11.0 Å². The van der Waals surface area contributed by atoms with Gasteiger partial charge in [0.15, 0.2) is 5.13 Å². The van der Waals surface area contributed by atoms with Crippen molar-refractivity contribution in [2.45, 2.75) is 32.7 Å². The highest BCUT2D eigenvalue weighted by molar-refractivity contribution is 7.15. The highest BCUT2D eigenvalue weighted by Gasteiger charge is 2.21. The number of carbonyl (C=O) groups excluding carboxylic acids is 1. The zero-order chi connectivity index (χ0) is 16.9. The third-order valence-corrected chi connectivity index (χ3v) is 5.00. The minimum atomic E-state index is -0.268. The number of pyridine rings is 1. The van der Waals surface area contributed by atoms with Gasteiger partial charge >= 0.3 is 0 Å². The van der Waals surface area contributed by atoms with E-state index in [1.165, 1.54) is 24.5 Å². The molecule has 1 amide bonds. The maximum atomic E-state index is 13.3. The van der Waals surface area contributed by atoms with Gasteiger partial charge in [0.25, 0.3) is 0 Å². The molecule has 3 heterocycles. The summed E-state index contributed by atoms with van der Waals surface area (Å²) in [6.45, 7) is 4.38. The zero-order valence-corrected chi connectivity index (χ0v) is 14.5. The number of nitrogens with one attached hydrogen (secondary N) is 1. The first-order chi connectivity index (χ1) is 11.6. The predicted molar refractivity (Wildman–Crippen MR) is 92.3 cm³/mol. The molecule has 128 valence electrons. The fraction of sp³-hybridized carbons (Fsp3) is 0.471. The summed E-state index contributed by atoms with van der Waals surface area (Å²) < 4.78 is 13.3. The van der Waals surface area contributed by atoms with E-state index in [1.807, 2.05) is 6.20 Å². The van der Waals surface area contributed by atoms with Gasteiger partial charge in [-0.15, -0.1) is 11.3 Å². The molecule has 24 heavy (non-hydrogen) atoms. The van der Waals surface area contributed by atoms with Gasteiger partial charge in [-0.1, -0.05) is 0 Å². The largest absolute Gasteiger partial charge is 0.302 e. The van der Waals surface area contributed by atoms with Crippen molar-refractivity contribution in [3.05, 3.63) is 40.9 Å². The van der Waals surface area contributed by atoms with E-state index in [2.05, 4.69) is 20.2 Å². The summed E-state index contributed by atoms with van der Waals surface area (Å²) in [5.41, 5.74) is 0.965. The number of aromatic nitrogens is 2. The summed E-state index contributed by atoms with van der Waals surface area (Å²) >= 11 is 1.52. The van der Waals surface area contributed by atoms with Crippen LogP contribution in [0.1, 0.15) is 30.2 Å². The molecule has 7 heteroatoms. The number of amides is 1. The van der Waals surface area contributed by atoms with E-state index in [1.54, 1.807) is 12.3 Å². The van der Waals surface area contributed by atoms with Gasteiger partial charge in [0.1, 0.15) is 5.82 Å². The minimum Gasteiger partial charge on any atom is -0.302 e. The molecule has 1 aliphatic rings. The van der Waals surface area contributed by atoms with Crippen molar-refractivity contribution in [3.8, 4) is 0 Å². The third-order valence-electron chi connectivity index (χ3n) is 4.10. The maximum Gasteiger partial charge on any atom is 0.223 e. The van der Waals surface area contributed by atoms with Crippen molar-refractivity contribution in [1.29, 1.82) is 0 Å². The Balaban J connectivity index is 1.55. The number of likely N-dealkylation sites (tertiary alicyclic amines) is 1. The lowest BCUT2D eigenvalue weighted by Crippen LogP contribution is -2.35. The molecule has 5 nitrogen and oxygen atoms in total. The Morgan fingerprint density at radius 2 is 2.33 bits per heavy atom. The van der Waals surface area contributed by atoms with Crippen LogP contribution in [0.3, 0.4) is 0 Å². The molecule has 0 aromatic carbocycles. The Hall–Kier alpha value is -1.86. The topological polar surface area (TPSA) is 58.1 Å². The van der Waals surface area contributed by atoms with Crippen LogP contribution < -0.4 is 5.32 Å². The van der Waals surface area contributed by atoms with Crippen LogP contribution >= 0.6 is 11.3 Å². The maximum absolute atomic E-state index is 13.3. The molecule has 1 saturated heterocycles. The average molecular weight is 348 g/mol. The summed E-state index contributed by atoms with van der Waals surface area (Å²) in [7, 11) is 0. The van der Waals surface area contributed by atoms with E-state index < -0.39 is 0 Å². The molecule has 0 unspecified atom stereocenters. The number of piperidine rings is 1. The number of thiazole rings is 1. The summed E-state index contributed by atoms with van der Waals surface area (Å²) in [6.07, 6.45) is 7.99. The Morgan fingerprint density at radius 3 is 3.12 bits per heavy atom. The first kappa shape index (κ1) is 17.0. The Morgan fingerprint density at radius 1 is 1.46 bits per heavy atom. The lowest BCUT2D eigenvalue weighted by Gasteiger charge is -2.32. The summed E-state index contributed by atoms with van der Waals surface area (Å²) in [6, 6.07) is 1.58. The lowest BCUT2D eigenvalue weighted by molar-refractivity contribution is -0.114. The fourth-order valence-corrected chi connectivity index (χ4v) is 4.07. The van der Waals surface area contributed by atoms with E-state index in [9.17, 15) is 9.18 Å². The van der Waals surface area contributed by atoms with E-state index in [4.69, 9.17) is 0 Å². The van der Waals surface area contributed by atoms with Gasteiger partial charge in [-0.05, 0) is 43.4 Å². The molecule has 3 rings (SSSR count). The second-order valence-corrected chi connectivity index (χ2v) is 7.39. The summed E-state index contributed by atoms with van der Waals surface area (Å²) in [5.74, 6) is 0.151. The van der Waals surface area contributed by atoms with Gasteiger partial charge in [-0.2, -0.15) is 0 Å². The van der Waals surface area contributed by atoms with Crippen LogP contribution in [-0.4, -0.2) is 33.9 Å². The first-order valence-electron chi connectivity index (χ1n) is 8.12. The molecule has 1 aliphatic heterocycles. The van der Waals surface area contributed by atoms with Gasteiger partial charge < -0.3 is 5.32 Å². The van der Waals surface area contributed by atoms with E-state index in [0.717, 1.165) is 49.3 Å². The number of anilines is 1. The molecular formula is C17H21FN4OS. The molecule has 0 saturated carbocycles. The number of halogens is 1. The highest BCUT2D eigenvalue weighted by atomic mass is 32.1. The van der Waals surface area contributed by atoms with Crippen LogP contribution in [0.4, 0.5) is 9.52 Å². The molecule has 2 aromatic heterocycles. The second-order valence-electron chi connectivity index (χ2n) is 6.27. The monoisotopic (exact) mass is 348 g/mol. The summed E-state index contributed by atoms with van der Waals surface area (Å²) in [5, 5.41) is 3.37. The average Bonchev–Trinajstić information content (AvgIpc) is 2.94. The SMILES string of the molecule is CC(=O)Nc1ncc(CN2CCC[C@@H](Cc3cncc(F)c3)C2)s1. The van der Waals surface area contributed by atoms with Crippen molar-refractivity contribution in [3.63, 3.8) is 0 Å². The van der Waals surface area contributed by atoms with Gasteiger partial charge in [0, 0.05) is 37.3 Å². The smallest absolute Gasteiger partial charge is 0.223 e. The minimum absolute atomic E-state index is 0.0994. The molecule has 1 fully saturated rings. The molecule has 0 radical (unpaired) electrons. The number of hydrogen-bond donors (Lipinski definition) is 1. The molecule has 0 aliphatic carbocycles. The van der Waals surface area contributed by atoms with E-state index in [-0.39, 0.29) is 11.7 Å². The molecular weight excluding hydrogens is 327 g/mol. The predicted octanol–water partition coefficient (Wildman–Crippen LogP) is 3.09. The van der Waals surface area contributed by atoms with Crippen molar-refractivity contribution in [2.75, 3.05) is 18.4 Å². The van der Waals surface area contributed by atoms with Crippen LogP contribution in [-0.2, 0) is 17.8 Å². The molecule has 1 atom stereocenters. The second kappa shape index (κ2) is 7.81. The van der Waals surface area contributed by atoms with Crippen molar-refractivity contribution >= 4 is 22.4 Å². The Bertz CT molecular complexity index is 705. The van der Waals surface area contributed by atoms with Crippen LogP contribution in [0.25, 0.3) is 0 Å². The van der Waals surface area contributed by atoms with Gasteiger partial charge in [0.2, 0.25) is 5.91 Å². The first-order valence-corrected chi connectivity index (χ1v) is 8.94. The molecule has 2 aromatic rings. The fourth-order valence-electron chi connectivity index (χ4n) is 3.17. The number of nitrogens with zero attached hydrogens (tertiary/aromatic N) is 3. The normalized spacial score (nSPS) is 18.5. The Kier molecular flexibility index (Phi) is 5.52. The van der Waals surface area contributed by atoms with Crippen LogP contribution in [0, 0.1) is 11.7 Å². The molecule has 0 bridgehead atoms. The quantitative estimate of drug-likeness (QED) is 0.902. The van der Waals surface area contributed by atoms with Crippen LogP contribution in [0.2, 0.25) is 0 Å². The van der Waals surface area contributed by atoms with Crippen molar-refractivity contribution in [1.82, 2.24) is 14.9 Å². The number of hydrogen-bond acceptors (Lipinski definition) is 5. The van der Waals surface area contributed by atoms with Crippen LogP contribution in [0.15, 0.2) is 24.7 Å². The lowest BCUT2D eigenvalue weighted by atomic mass is 9.92.